The van der Waals surface area contributed by atoms with Crippen LogP contribution in [0.1, 0.15) is 60.8 Å². The van der Waals surface area contributed by atoms with Crippen LogP contribution in [0.4, 0.5) is 0 Å². The van der Waals surface area contributed by atoms with E-state index in [2.05, 4.69) is 46.9 Å². The first-order valence-corrected chi connectivity index (χ1v) is 7.19. The molecular weight excluding hydrogens is 210 g/mol. The standard InChI is InChI=1S/C15H33NO/c1-8-10-16-14(13(5)11-12(3)4)15(6,9-2)17-7/h12-14,16H,8-11H2,1-7H3. The largest absolute Gasteiger partial charge is 0.377 e. The minimum Gasteiger partial charge on any atom is -0.377 e. The average molecular weight is 243 g/mol. The maximum absolute atomic E-state index is 5.79. The fourth-order valence-corrected chi connectivity index (χ4v) is 2.69. The summed E-state index contributed by atoms with van der Waals surface area (Å²) in [5, 5.41) is 3.69. The van der Waals surface area contributed by atoms with Gasteiger partial charge in [0, 0.05) is 13.2 Å². The Bertz CT molecular complexity index is 187. The van der Waals surface area contributed by atoms with Gasteiger partial charge in [-0.3, -0.25) is 0 Å². The average Bonchev–Trinajstić information content (AvgIpc) is 2.28. The molecule has 0 fully saturated rings. The Balaban J connectivity index is 4.71. The molecule has 0 heterocycles. The summed E-state index contributed by atoms with van der Waals surface area (Å²) in [5.41, 5.74) is -0.0521. The lowest BCUT2D eigenvalue weighted by Crippen LogP contribution is -2.53. The van der Waals surface area contributed by atoms with Gasteiger partial charge < -0.3 is 10.1 Å². The van der Waals surface area contributed by atoms with Crippen molar-refractivity contribution in [3.05, 3.63) is 0 Å². The number of ether oxygens (including phenoxy) is 1. The summed E-state index contributed by atoms with van der Waals surface area (Å²) in [6.45, 7) is 14.7. The minimum absolute atomic E-state index is 0.0521. The van der Waals surface area contributed by atoms with Crippen molar-refractivity contribution in [2.45, 2.75) is 72.4 Å². The maximum atomic E-state index is 5.79. The molecule has 104 valence electrons. The van der Waals surface area contributed by atoms with Gasteiger partial charge in [0.25, 0.3) is 0 Å². The molecule has 0 amide bonds. The summed E-state index contributed by atoms with van der Waals surface area (Å²) in [7, 11) is 1.84. The van der Waals surface area contributed by atoms with E-state index in [1.54, 1.807) is 0 Å². The van der Waals surface area contributed by atoms with Crippen molar-refractivity contribution in [3.8, 4) is 0 Å². The summed E-state index contributed by atoms with van der Waals surface area (Å²) >= 11 is 0. The van der Waals surface area contributed by atoms with Crippen LogP contribution in [0.25, 0.3) is 0 Å². The van der Waals surface area contributed by atoms with E-state index in [9.17, 15) is 0 Å². The summed E-state index contributed by atoms with van der Waals surface area (Å²) in [6, 6.07) is 0.444. The Kier molecular flexibility index (Phi) is 8.06. The van der Waals surface area contributed by atoms with Crippen LogP contribution >= 0.6 is 0 Å². The van der Waals surface area contributed by atoms with Gasteiger partial charge in [-0.15, -0.1) is 0 Å². The molecule has 1 N–H and O–H groups in total. The molecule has 0 spiro atoms. The third-order valence-electron chi connectivity index (χ3n) is 3.85. The van der Waals surface area contributed by atoms with Gasteiger partial charge in [-0.1, -0.05) is 34.6 Å². The molecule has 3 atom stereocenters. The predicted molar refractivity (Wildman–Crippen MR) is 76.4 cm³/mol. The fraction of sp³-hybridized carbons (Fsp3) is 1.00. The van der Waals surface area contributed by atoms with Crippen LogP contribution in [-0.2, 0) is 4.74 Å². The summed E-state index contributed by atoms with van der Waals surface area (Å²) < 4.78 is 5.79. The van der Waals surface area contributed by atoms with Crippen molar-refractivity contribution >= 4 is 0 Å². The number of methoxy groups -OCH3 is 1. The summed E-state index contributed by atoms with van der Waals surface area (Å²) in [5.74, 6) is 1.39. The van der Waals surface area contributed by atoms with Gasteiger partial charge in [-0.25, -0.2) is 0 Å². The van der Waals surface area contributed by atoms with Crippen LogP contribution in [0.3, 0.4) is 0 Å². The zero-order valence-electron chi connectivity index (χ0n) is 13.0. The van der Waals surface area contributed by atoms with Crippen LogP contribution in [-0.4, -0.2) is 25.3 Å². The number of hydrogen-bond acceptors (Lipinski definition) is 2. The minimum atomic E-state index is -0.0521. The monoisotopic (exact) mass is 243 g/mol. The third kappa shape index (κ3) is 5.39. The van der Waals surface area contributed by atoms with Gasteiger partial charge in [0.05, 0.1) is 5.60 Å². The van der Waals surface area contributed by atoms with E-state index < -0.39 is 0 Å². The van der Waals surface area contributed by atoms with Gasteiger partial charge in [0.15, 0.2) is 0 Å². The van der Waals surface area contributed by atoms with E-state index in [0.717, 1.165) is 18.9 Å². The molecule has 0 aromatic carbocycles. The molecule has 3 unspecified atom stereocenters. The van der Waals surface area contributed by atoms with E-state index in [0.29, 0.717) is 12.0 Å². The number of rotatable bonds is 9. The fourth-order valence-electron chi connectivity index (χ4n) is 2.69. The smallest absolute Gasteiger partial charge is 0.0802 e. The Labute approximate surface area is 109 Å². The van der Waals surface area contributed by atoms with Crippen molar-refractivity contribution in [1.82, 2.24) is 5.32 Å². The van der Waals surface area contributed by atoms with Gasteiger partial charge in [0.2, 0.25) is 0 Å². The third-order valence-corrected chi connectivity index (χ3v) is 3.85. The van der Waals surface area contributed by atoms with Crippen molar-refractivity contribution in [3.63, 3.8) is 0 Å². The van der Waals surface area contributed by atoms with Crippen molar-refractivity contribution in [2.24, 2.45) is 11.8 Å². The Morgan fingerprint density at radius 1 is 1.18 bits per heavy atom. The number of nitrogens with one attached hydrogen (secondary N) is 1. The molecule has 0 aromatic rings. The second-order valence-corrected chi connectivity index (χ2v) is 5.91. The van der Waals surface area contributed by atoms with Crippen LogP contribution < -0.4 is 5.32 Å². The highest BCUT2D eigenvalue weighted by Gasteiger charge is 2.35. The van der Waals surface area contributed by atoms with E-state index in [1.165, 1.54) is 12.8 Å². The lowest BCUT2D eigenvalue weighted by atomic mass is 9.80. The highest BCUT2D eigenvalue weighted by atomic mass is 16.5. The first-order chi connectivity index (χ1) is 7.91. The molecule has 0 radical (unpaired) electrons. The molecule has 0 rings (SSSR count). The molecule has 0 bridgehead atoms. The van der Waals surface area contributed by atoms with Gasteiger partial charge in [-0.05, 0) is 44.6 Å². The summed E-state index contributed by atoms with van der Waals surface area (Å²) in [4.78, 5) is 0. The first kappa shape index (κ1) is 16.9. The van der Waals surface area contributed by atoms with Gasteiger partial charge >= 0.3 is 0 Å². The second kappa shape index (κ2) is 8.10. The second-order valence-electron chi connectivity index (χ2n) is 5.91. The number of hydrogen-bond donors (Lipinski definition) is 1. The molecular formula is C15H33NO. The van der Waals surface area contributed by atoms with E-state index in [-0.39, 0.29) is 5.60 Å². The lowest BCUT2D eigenvalue weighted by molar-refractivity contribution is -0.0454. The normalized spacial score (nSPS) is 19.1. The van der Waals surface area contributed by atoms with E-state index in [1.807, 2.05) is 7.11 Å². The Hall–Kier alpha value is -0.0800. The van der Waals surface area contributed by atoms with Crippen LogP contribution in [0.15, 0.2) is 0 Å². The molecule has 0 saturated heterocycles. The Morgan fingerprint density at radius 2 is 1.76 bits per heavy atom. The molecule has 2 nitrogen and oxygen atoms in total. The Morgan fingerprint density at radius 3 is 2.12 bits per heavy atom. The molecule has 17 heavy (non-hydrogen) atoms. The first-order valence-electron chi connectivity index (χ1n) is 7.19. The van der Waals surface area contributed by atoms with Crippen molar-refractivity contribution < 1.29 is 4.74 Å². The lowest BCUT2D eigenvalue weighted by Gasteiger charge is -2.40. The SMILES string of the molecule is CCCNC(C(C)CC(C)C)C(C)(CC)OC. The zero-order valence-corrected chi connectivity index (χ0v) is 13.0. The molecule has 0 aliphatic carbocycles. The van der Waals surface area contributed by atoms with E-state index in [4.69, 9.17) is 4.74 Å². The van der Waals surface area contributed by atoms with E-state index >= 15 is 0 Å². The predicted octanol–water partition coefficient (Wildman–Crippen LogP) is 3.85. The molecule has 0 aliphatic heterocycles. The van der Waals surface area contributed by atoms with Gasteiger partial charge in [0.1, 0.15) is 0 Å². The topological polar surface area (TPSA) is 21.3 Å². The van der Waals surface area contributed by atoms with Crippen LogP contribution in [0.2, 0.25) is 0 Å². The molecule has 0 aliphatic rings. The van der Waals surface area contributed by atoms with Crippen LogP contribution in [0, 0.1) is 11.8 Å². The highest BCUT2D eigenvalue weighted by molar-refractivity contribution is 4.92. The quantitative estimate of drug-likeness (QED) is 0.664. The van der Waals surface area contributed by atoms with Crippen molar-refractivity contribution in [1.29, 1.82) is 0 Å². The summed E-state index contributed by atoms with van der Waals surface area (Å²) in [6.07, 6.45) is 3.47. The maximum Gasteiger partial charge on any atom is 0.0802 e. The highest BCUT2D eigenvalue weighted by Crippen LogP contribution is 2.28. The molecule has 0 aromatic heterocycles. The van der Waals surface area contributed by atoms with Gasteiger partial charge in [-0.2, -0.15) is 0 Å². The molecule has 2 heteroatoms. The van der Waals surface area contributed by atoms with Crippen molar-refractivity contribution in [2.75, 3.05) is 13.7 Å². The van der Waals surface area contributed by atoms with Crippen LogP contribution in [0.5, 0.6) is 0 Å². The molecule has 0 saturated carbocycles. The zero-order chi connectivity index (χ0) is 13.5.